The first-order valence-electron chi connectivity index (χ1n) is 6.22. The van der Waals surface area contributed by atoms with Crippen LogP contribution in [0.1, 0.15) is 34.1 Å². The van der Waals surface area contributed by atoms with Crippen molar-refractivity contribution in [2.75, 3.05) is 6.54 Å². The van der Waals surface area contributed by atoms with E-state index in [2.05, 4.69) is 4.18 Å². The molecule has 1 aliphatic heterocycles. The fourth-order valence-corrected chi connectivity index (χ4v) is 2.47. The Morgan fingerprint density at radius 2 is 1.76 bits per heavy atom. The quantitative estimate of drug-likeness (QED) is 0.572. The van der Waals surface area contributed by atoms with Crippen LogP contribution in [0.2, 0.25) is 0 Å². The maximum absolute atomic E-state index is 12.2. The number of halogens is 3. The van der Waals surface area contributed by atoms with Crippen LogP contribution in [-0.2, 0) is 19.0 Å². The van der Waals surface area contributed by atoms with E-state index in [0.29, 0.717) is 0 Å². The van der Waals surface area contributed by atoms with Crippen molar-refractivity contribution in [3.63, 3.8) is 0 Å². The van der Waals surface area contributed by atoms with Gasteiger partial charge in [0.05, 0.1) is 12.6 Å². The van der Waals surface area contributed by atoms with Gasteiger partial charge in [0.1, 0.15) is 5.60 Å². The minimum absolute atomic E-state index is 0.0193. The molecular weight excluding hydrogens is 315 g/mol. The third-order valence-electron chi connectivity index (χ3n) is 2.71. The van der Waals surface area contributed by atoms with Crippen molar-refractivity contribution in [3.05, 3.63) is 0 Å². The number of amides is 1. The largest absolute Gasteiger partial charge is 0.523 e. The van der Waals surface area contributed by atoms with Gasteiger partial charge in [0.25, 0.3) is 0 Å². The van der Waals surface area contributed by atoms with Gasteiger partial charge >= 0.3 is 21.7 Å². The fraction of sp³-hybridized carbons (Fsp3) is 0.909. The normalized spacial score (nSPS) is 24.2. The summed E-state index contributed by atoms with van der Waals surface area (Å²) in [7, 11) is -5.67. The number of ether oxygens (including phenoxy) is 1. The maximum Gasteiger partial charge on any atom is 0.523 e. The molecule has 1 amide bonds. The van der Waals surface area contributed by atoms with E-state index in [1.165, 1.54) is 0 Å². The Balaban J connectivity index is 2.72. The summed E-state index contributed by atoms with van der Waals surface area (Å²) in [5.41, 5.74) is -6.23. The minimum Gasteiger partial charge on any atom is -0.444 e. The molecule has 6 nitrogen and oxygen atoms in total. The first-order chi connectivity index (χ1) is 9.23. The fourth-order valence-electron chi connectivity index (χ4n) is 1.86. The Morgan fingerprint density at radius 3 is 2.19 bits per heavy atom. The second-order valence-electron chi connectivity index (χ2n) is 5.84. The summed E-state index contributed by atoms with van der Waals surface area (Å²) >= 11 is 0. The van der Waals surface area contributed by atoms with Crippen molar-refractivity contribution in [3.8, 4) is 0 Å². The van der Waals surface area contributed by atoms with E-state index >= 15 is 0 Å². The molecule has 1 saturated heterocycles. The highest BCUT2D eigenvalue weighted by atomic mass is 32.2. The van der Waals surface area contributed by atoms with Crippen LogP contribution in [0.5, 0.6) is 0 Å². The van der Waals surface area contributed by atoms with Gasteiger partial charge in [-0.2, -0.15) is 21.6 Å². The van der Waals surface area contributed by atoms with Crippen LogP contribution in [0.15, 0.2) is 0 Å². The molecule has 1 heterocycles. The van der Waals surface area contributed by atoms with Crippen LogP contribution in [0.25, 0.3) is 0 Å². The molecule has 1 rings (SSSR count). The van der Waals surface area contributed by atoms with Gasteiger partial charge in [-0.3, -0.25) is 4.18 Å². The Labute approximate surface area is 121 Å². The molecular formula is C11H18F3NO5S. The SMILES string of the molecule is C[C@@H]1C[C@H](OS(=O)(=O)C(F)(F)F)CN1C(=O)OC(C)(C)C. The summed E-state index contributed by atoms with van der Waals surface area (Å²) in [5.74, 6) is 0. The lowest BCUT2D eigenvalue weighted by atomic mass is 10.2. The Hall–Kier alpha value is -1.03. The van der Waals surface area contributed by atoms with Gasteiger partial charge in [-0.05, 0) is 34.1 Å². The zero-order chi connectivity index (χ0) is 16.6. The van der Waals surface area contributed by atoms with Gasteiger partial charge in [-0.15, -0.1) is 0 Å². The first-order valence-corrected chi connectivity index (χ1v) is 7.63. The number of hydrogen-bond donors (Lipinski definition) is 0. The standard InChI is InChI=1S/C11H18F3NO5S/c1-7-5-8(20-21(17,18)11(12,13)14)6-15(7)9(16)19-10(2,3)4/h7-8H,5-6H2,1-4H3/t7-,8+/m1/s1. The molecule has 10 heteroatoms. The minimum atomic E-state index is -5.67. The summed E-state index contributed by atoms with van der Waals surface area (Å²) in [6, 6.07) is -0.478. The Kier molecular flexibility index (Phi) is 4.84. The highest BCUT2D eigenvalue weighted by Crippen LogP contribution is 2.30. The van der Waals surface area contributed by atoms with Crippen molar-refractivity contribution < 1.29 is 35.3 Å². The van der Waals surface area contributed by atoms with E-state index in [4.69, 9.17) is 4.74 Å². The number of alkyl halides is 3. The summed E-state index contributed by atoms with van der Waals surface area (Å²) in [4.78, 5) is 13.0. The van der Waals surface area contributed by atoms with Gasteiger partial charge in [0, 0.05) is 6.04 Å². The molecule has 124 valence electrons. The molecule has 2 atom stereocenters. The first kappa shape index (κ1) is 18.0. The second kappa shape index (κ2) is 5.64. The monoisotopic (exact) mass is 333 g/mol. The summed E-state index contributed by atoms with van der Waals surface area (Å²) in [5, 5.41) is 0. The number of likely N-dealkylation sites (tertiary alicyclic amines) is 1. The molecule has 1 fully saturated rings. The van der Waals surface area contributed by atoms with Crippen LogP contribution in [0.3, 0.4) is 0 Å². The molecule has 0 aromatic heterocycles. The van der Waals surface area contributed by atoms with Crippen LogP contribution in [0, 0.1) is 0 Å². The Bertz CT molecular complexity index is 497. The van der Waals surface area contributed by atoms with E-state index in [1.807, 2.05) is 0 Å². The molecule has 0 aliphatic carbocycles. The molecule has 0 radical (unpaired) electrons. The van der Waals surface area contributed by atoms with Gasteiger partial charge in [-0.1, -0.05) is 0 Å². The molecule has 1 aliphatic rings. The molecule has 0 bridgehead atoms. The van der Waals surface area contributed by atoms with E-state index < -0.39 is 39.5 Å². The van der Waals surface area contributed by atoms with Crippen LogP contribution >= 0.6 is 0 Å². The van der Waals surface area contributed by atoms with E-state index in [1.54, 1.807) is 27.7 Å². The molecule has 0 unspecified atom stereocenters. The Morgan fingerprint density at radius 1 is 1.24 bits per heavy atom. The number of carbonyl (C=O) groups excluding carboxylic acids is 1. The molecule has 0 N–H and O–H groups in total. The van der Waals surface area contributed by atoms with Gasteiger partial charge in [-0.25, -0.2) is 4.79 Å². The molecule has 0 saturated carbocycles. The number of hydrogen-bond acceptors (Lipinski definition) is 5. The van der Waals surface area contributed by atoms with Crippen molar-refractivity contribution in [1.82, 2.24) is 4.90 Å². The predicted octanol–water partition coefficient (Wildman–Crippen LogP) is 2.25. The summed E-state index contributed by atoms with van der Waals surface area (Å²) in [6.45, 7) is 6.24. The highest BCUT2D eigenvalue weighted by Gasteiger charge is 2.50. The molecule has 0 spiro atoms. The smallest absolute Gasteiger partial charge is 0.444 e. The zero-order valence-electron chi connectivity index (χ0n) is 12.1. The predicted molar refractivity (Wildman–Crippen MR) is 66.9 cm³/mol. The third kappa shape index (κ3) is 4.73. The lowest BCUT2D eigenvalue weighted by molar-refractivity contribution is -0.0570. The van der Waals surface area contributed by atoms with Gasteiger partial charge in [0.2, 0.25) is 0 Å². The molecule has 21 heavy (non-hydrogen) atoms. The van der Waals surface area contributed by atoms with E-state index in [9.17, 15) is 26.4 Å². The van der Waals surface area contributed by atoms with Crippen molar-refractivity contribution in [2.24, 2.45) is 0 Å². The van der Waals surface area contributed by atoms with Gasteiger partial charge in [0.15, 0.2) is 0 Å². The zero-order valence-corrected chi connectivity index (χ0v) is 12.9. The van der Waals surface area contributed by atoms with Crippen LogP contribution in [0.4, 0.5) is 18.0 Å². The van der Waals surface area contributed by atoms with Crippen LogP contribution in [-0.4, -0.2) is 49.2 Å². The average Bonchev–Trinajstić information content (AvgIpc) is 2.54. The number of nitrogens with zero attached hydrogens (tertiary/aromatic N) is 1. The number of rotatable bonds is 2. The summed E-state index contributed by atoms with van der Waals surface area (Å²) < 4.78 is 67.8. The lowest BCUT2D eigenvalue weighted by Gasteiger charge is -2.26. The third-order valence-corrected chi connectivity index (χ3v) is 3.80. The van der Waals surface area contributed by atoms with E-state index in [0.717, 1.165) is 4.90 Å². The average molecular weight is 333 g/mol. The lowest BCUT2D eigenvalue weighted by Crippen LogP contribution is -2.39. The number of carbonyl (C=O) groups is 1. The topological polar surface area (TPSA) is 72.9 Å². The van der Waals surface area contributed by atoms with Gasteiger partial charge < -0.3 is 9.64 Å². The maximum atomic E-state index is 12.2. The molecule has 0 aromatic rings. The van der Waals surface area contributed by atoms with Crippen molar-refractivity contribution in [1.29, 1.82) is 0 Å². The van der Waals surface area contributed by atoms with E-state index in [-0.39, 0.29) is 13.0 Å². The summed E-state index contributed by atoms with van der Waals surface area (Å²) in [6.07, 6.45) is -1.97. The highest BCUT2D eigenvalue weighted by molar-refractivity contribution is 7.87. The van der Waals surface area contributed by atoms with Crippen molar-refractivity contribution in [2.45, 2.75) is 57.4 Å². The molecule has 0 aromatic carbocycles. The van der Waals surface area contributed by atoms with Crippen LogP contribution < -0.4 is 0 Å². The van der Waals surface area contributed by atoms with Crippen molar-refractivity contribution >= 4 is 16.2 Å². The second-order valence-corrected chi connectivity index (χ2v) is 7.40.